The SMILES string of the molecule is O=C1c2ccccc2C(=O)N1CC(O)C1CO1. The molecule has 1 aromatic carbocycles. The maximum absolute atomic E-state index is 11.9. The number of carbonyl (C=O) groups excluding carboxylic acids is 2. The predicted molar refractivity (Wildman–Crippen MR) is 57.6 cm³/mol. The van der Waals surface area contributed by atoms with Gasteiger partial charge in [-0.1, -0.05) is 12.1 Å². The van der Waals surface area contributed by atoms with Crippen molar-refractivity contribution in [2.45, 2.75) is 12.2 Å². The number of imide groups is 1. The normalized spacial score (nSPS) is 23.8. The summed E-state index contributed by atoms with van der Waals surface area (Å²) in [4.78, 5) is 25.0. The zero-order chi connectivity index (χ0) is 12.0. The number of aliphatic hydroxyl groups excluding tert-OH is 1. The van der Waals surface area contributed by atoms with Crippen LogP contribution < -0.4 is 0 Å². The van der Waals surface area contributed by atoms with E-state index in [1.54, 1.807) is 24.3 Å². The maximum atomic E-state index is 11.9. The summed E-state index contributed by atoms with van der Waals surface area (Å²) in [6.45, 7) is 0.487. The van der Waals surface area contributed by atoms with Gasteiger partial charge in [0, 0.05) is 0 Å². The molecule has 1 N–H and O–H groups in total. The van der Waals surface area contributed by atoms with Gasteiger partial charge in [-0.05, 0) is 12.1 Å². The molecule has 2 unspecified atom stereocenters. The van der Waals surface area contributed by atoms with Crippen LogP contribution in [0, 0.1) is 0 Å². The van der Waals surface area contributed by atoms with E-state index in [4.69, 9.17) is 4.74 Å². The van der Waals surface area contributed by atoms with E-state index in [-0.39, 0.29) is 24.5 Å². The average Bonchev–Trinajstić information content (AvgIpc) is 3.15. The zero-order valence-electron chi connectivity index (χ0n) is 9.00. The minimum Gasteiger partial charge on any atom is -0.388 e. The molecule has 1 aromatic rings. The lowest BCUT2D eigenvalue weighted by Crippen LogP contribution is -2.39. The molecule has 0 radical (unpaired) electrons. The van der Waals surface area contributed by atoms with Crippen molar-refractivity contribution in [2.24, 2.45) is 0 Å². The van der Waals surface area contributed by atoms with Gasteiger partial charge < -0.3 is 9.84 Å². The number of hydrogen-bond donors (Lipinski definition) is 1. The molecular formula is C12H11NO4. The number of ether oxygens (including phenoxy) is 1. The number of nitrogens with zero attached hydrogens (tertiary/aromatic N) is 1. The van der Waals surface area contributed by atoms with E-state index in [1.165, 1.54) is 0 Å². The van der Waals surface area contributed by atoms with Gasteiger partial charge >= 0.3 is 0 Å². The van der Waals surface area contributed by atoms with Gasteiger partial charge in [0.2, 0.25) is 0 Å². The van der Waals surface area contributed by atoms with Crippen LogP contribution in [0.25, 0.3) is 0 Å². The van der Waals surface area contributed by atoms with Crippen LogP contribution in [0.5, 0.6) is 0 Å². The zero-order valence-corrected chi connectivity index (χ0v) is 9.00. The molecule has 5 heteroatoms. The first kappa shape index (κ1) is 10.4. The van der Waals surface area contributed by atoms with Crippen LogP contribution in [0.2, 0.25) is 0 Å². The van der Waals surface area contributed by atoms with Gasteiger partial charge in [0.05, 0.1) is 24.3 Å². The summed E-state index contributed by atoms with van der Waals surface area (Å²) in [6, 6.07) is 6.67. The van der Waals surface area contributed by atoms with Crippen LogP contribution >= 0.6 is 0 Å². The molecule has 1 fully saturated rings. The first-order chi connectivity index (χ1) is 8.18. The van der Waals surface area contributed by atoms with Crippen molar-refractivity contribution in [3.05, 3.63) is 35.4 Å². The Kier molecular flexibility index (Phi) is 2.24. The Hall–Kier alpha value is -1.72. The fourth-order valence-electron chi connectivity index (χ4n) is 1.99. The molecule has 2 heterocycles. The van der Waals surface area contributed by atoms with E-state index < -0.39 is 6.10 Å². The second-order valence-corrected chi connectivity index (χ2v) is 4.21. The number of aliphatic hydroxyl groups is 1. The Labute approximate surface area is 97.6 Å². The molecule has 3 rings (SSSR count). The summed E-state index contributed by atoms with van der Waals surface area (Å²) in [7, 11) is 0. The minimum absolute atomic E-state index is 0.00296. The smallest absolute Gasteiger partial charge is 0.261 e. The standard InChI is InChI=1S/C12H11NO4/c14-9(10-6-17-10)5-13-11(15)7-3-1-2-4-8(7)12(13)16/h1-4,9-10,14H,5-6H2. The van der Waals surface area contributed by atoms with E-state index in [2.05, 4.69) is 0 Å². The van der Waals surface area contributed by atoms with E-state index in [0.717, 1.165) is 4.90 Å². The first-order valence-electron chi connectivity index (χ1n) is 5.43. The largest absolute Gasteiger partial charge is 0.388 e. The van der Waals surface area contributed by atoms with Crippen molar-refractivity contribution < 1.29 is 19.4 Å². The lowest BCUT2D eigenvalue weighted by Gasteiger charge is -2.16. The second kappa shape index (κ2) is 3.65. The van der Waals surface area contributed by atoms with Crippen LogP contribution in [-0.2, 0) is 4.74 Å². The highest BCUT2D eigenvalue weighted by Gasteiger charge is 2.40. The Morgan fingerprint density at radius 2 is 1.82 bits per heavy atom. The Bertz CT molecular complexity index is 460. The predicted octanol–water partition coefficient (Wildman–Crippen LogP) is 0.0423. The van der Waals surface area contributed by atoms with Crippen LogP contribution in [0.4, 0.5) is 0 Å². The van der Waals surface area contributed by atoms with E-state index >= 15 is 0 Å². The molecule has 5 nitrogen and oxygen atoms in total. The number of rotatable bonds is 3. The monoisotopic (exact) mass is 233 g/mol. The highest BCUT2D eigenvalue weighted by atomic mass is 16.6. The molecular weight excluding hydrogens is 222 g/mol. The number of carbonyl (C=O) groups is 2. The van der Waals surface area contributed by atoms with Crippen molar-refractivity contribution in [3.8, 4) is 0 Å². The van der Waals surface area contributed by atoms with Gasteiger partial charge in [0.1, 0.15) is 12.2 Å². The van der Waals surface area contributed by atoms with Crippen LogP contribution in [-0.4, -0.2) is 47.2 Å². The maximum Gasteiger partial charge on any atom is 0.261 e. The molecule has 2 atom stereocenters. The summed E-state index contributed by atoms with van der Waals surface area (Å²) in [5.74, 6) is -0.685. The molecule has 88 valence electrons. The van der Waals surface area contributed by atoms with Gasteiger partial charge in [-0.2, -0.15) is 0 Å². The number of amides is 2. The van der Waals surface area contributed by atoms with Gasteiger partial charge in [0.25, 0.3) is 11.8 Å². The minimum atomic E-state index is -0.794. The van der Waals surface area contributed by atoms with Crippen molar-refractivity contribution in [1.82, 2.24) is 4.90 Å². The van der Waals surface area contributed by atoms with Gasteiger partial charge in [0.15, 0.2) is 0 Å². The third-order valence-electron chi connectivity index (χ3n) is 3.04. The molecule has 0 spiro atoms. The fraction of sp³-hybridized carbons (Fsp3) is 0.333. The number of benzene rings is 1. The second-order valence-electron chi connectivity index (χ2n) is 4.21. The molecule has 2 aliphatic heterocycles. The molecule has 1 saturated heterocycles. The van der Waals surface area contributed by atoms with Crippen LogP contribution in [0.3, 0.4) is 0 Å². The number of β-amino-alcohol motifs (C(OH)–C–C–N with tert-alkyl or cyclic N) is 1. The third-order valence-corrected chi connectivity index (χ3v) is 3.04. The van der Waals surface area contributed by atoms with Crippen molar-refractivity contribution >= 4 is 11.8 Å². The number of epoxide rings is 1. The van der Waals surface area contributed by atoms with Crippen LogP contribution in [0.15, 0.2) is 24.3 Å². The molecule has 2 amide bonds. The van der Waals surface area contributed by atoms with Crippen LogP contribution in [0.1, 0.15) is 20.7 Å². The molecule has 0 saturated carbocycles. The number of fused-ring (bicyclic) bond motifs is 1. The molecule has 0 bridgehead atoms. The Morgan fingerprint density at radius 1 is 1.29 bits per heavy atom. The van der Waals surface area contributed by atoms with Gasteiger partial charge in [-0.25, -0.2) is 0 Å². The third kappa shape index (κ3) is 1.64. The summed E-state index contributed by atoms with van der Waals surface area (Å²) in [5.41, 5.74) is 0.808. The van der Waals surface area contributed by atoms with E-state index in [9.17, 15) is 14.7 Å². The molecule has 17 heavy (non-hydrogen) atoms. The molecule has 2 aliphatic rings. The van der Waals surface area contributed by atoms with Crippen molar-refractivity contribution in [3.63, 3.8) is 0 Å². The van der Waals surface area contributed by atoms with E-state index in [0.29, 0.717) is 17.7 Å². The first-order valence-corrected chi connectivity index (χ1v) is 5.43. The average molecular weight is 233 g/mol. The van der Waals surface area contributed by atoms with Gasteiger partial charge in [-0.15, -0.1) is 0 Å². The Balaban J connectivity index is 1.84. The highest BCUT2D eigenvalue weighted by Crippen LogP contribution is 2.24. The molecule has 0 aromatic heterocycles. The van der Waals surface area contributed by atoms with Crippen molar-refractivity contribution in [1.29, 1.82) is 0 Å². The van der Waals surface area contributed by atoms with Crippen molar-refractivity contribution in [2.75, 3.05) is 13.2 Å². The lowest BCUT2D eigenvalue weighted by molar-refractivity contribution is 0.0502. The summed E-state index contributed by atoms with van der Waals surface area (Å²) in [5, 5.41) is 9.69. The quantitative estimate of drug-likeness (QED) is 0.591. The summed E-state index contributed by atoms with van der Waals surface area (Å²) < 4.78 is 4.93. The topological polar surface area (TPSA) is 70.1 Å². The lowest BCUT2D eigenvalue weighted by atomic mass is 10.1. The van der Waals surface area contributed by atoms with E-state index in [1.807, 2.05) is 0 Å². The molecule has 0 aliphatic carbocycles. The number of hydrogen-bond acceptors (Lipinski definition) is 4. The fourth-order valence-corrected chi connectivity index (χ4v) is 1.99. The van der Waals surface area contributed by atoms with Gasteiger partial charge in [-0.3, -0.25) is 14.5 Å². The Morgan fingerprint density at radius 3 is 2.29 bits per heavy atom. The highest BCUT2D eigenvalue weighted by molar-refractivity contribution is 6.21. The summed E-state index contributed by atoms with van der Waals surface area (Å²) >= 11 is 0. The summed E-state index contributed by atoms with van der Waals surface area (Å²) in [6.07, 6.45) is -1.03.